The number of aliphatic hydroxyl groups is 1. The van der Waals surface area contributed by atoms with Gasteiger partial charge in [-0.05, 0) is 43.4 Å². The van der Waals surface area contributed by atoms with E-state index in [1.165, 1.54) is 0 Å². The van der Waals surface area contributed by atoms with Crippen LogP contribution in [0.3, 0.4) is 0 Å². The van der Waals surface area contributed by atoms with Gasteiger partial charge >= 0.3 is 5.97 Å². The van der Waals surface area contributed by atoms with Crippen molar-refractivity contribution in [3.05, 3.63) is 0 Å². The Kier molecular flexibility index (Phi) is 4.68. The van der Waals surface area contributed by atoms with Crippen molar-refractivity contribution in [2.75, 3.05) is 13.2 Å². The quantitative estimate of drug-likeness (QED) is 0.659. The minimum absolute atomic E-state index is 0.0753. The Balaban J connectivity index is 1.89. The number of carbonyl (C=O) groups is 2. The van der Waals surface area contributed by atoms with Crippen molar-refractivity contribution < 1.29 is 19.8 Å². The molecule has 5 heteroatoms. The summed E-state index contributed by atoms with van der Waals surface area (Å²) in [6, 6.07) is 0. The van der Waals surface area contributed by atoms with E-state index in [0.717, 1.165) is 25.7 Å². The van der Waals surface area contributed by atoms with Gasteiger partial charge in [0.05, 0.1) is 11.8 Å². The molecule has 5 nitrogen and oxygen atoms in total. The van der Waals surface area contributed by atoms with E-state index in [2.05, 4.69) is 5.32 Å². The average molecular weight is 283 g/mol. The lowest BCUT2D eigenvalue weighted by molar-refractivity contribution is -0.146. The first-order chi connectivity index (χ1) is 9.51. The number of amides is 1. The van der Waals surface area contributed by atoms with Gasteiger partial charge in [-0.3, -0.25) is 9.59 Å². The van der Waals surface area contributed by atoms with Crippen LogP contribution in [-0.4, -0.2) is 35.2 Å². The molecule has 3 unspecified atom stereocenters. The minimum Gasteiger partial charge on any atom is -0.481 e. The molecule has 1 amide bonds. The van der Waals surface area contributed by atoms with Gasteiger partial charge in [-0.1, -0.05) is 13.3 Å². The summed E-state index contributed by atoms with van der Waals surface area (Å²) in [4.78, 5) is 23.5. The number of nitrogens with one attached hydrogen (secondary N) is 1. The Labute approximate surface area is 119 Å². The van der Waals surface area contributed by atoms with Crippen LogP contribution < -0.4 is 5.32 Å². The predicted octanol–water partition coefficient (Wildman–Crippen LogP) is 1.40. The van der Waals surface area contributed by atoms with Gasteiger partial charge in [0.1, 0.15) is 0 Å². The standard InChI is InChI=1S/C15H25NO4/c1-2-10-7-11(12(8-10)14(19)20)13(18)16-9-15(3-4-15)5-6-17/h10-12,17H,2-9H2,1H3,(H,16,18)(H,19,20). The SMILES string of the molecule is CCC1CC(C(=O)O)C(C(=O)NCC2(CCO)CC2)C1. The van der Waals surface area contributed by atoms with Gasteiger partial charge in [0.25, 0.3) is 0 Å². The molecular weight excluding hydrogens is 258 g/mol. The summed E-state index contributed by atoms with van der Waals surface area (Å²) in [6.45, 7) is 2.77. The van der Waals surface area contributed by atoms with Crippen LogP contribution in [0.15, 0.2) is 0 Å². The highest BCUT2D eigenvalue weighted by Gasteiger charge is 2.45. The lowest BCUT2D eigenvalue weighted by Crippen LogP contribution is -2.38. The molecule has 0 aromatic heterocycles. The lowest BCUT2D eigenvalue weighted by atomic mass is 9.94. The molecule has 0 saturated heterocycles. The number of carboxylic acids is 1. The zero-order valence-electron chi connectivity index (χ0n) is 12.1. The van der Waals surface area contributed by atoms with Crippen molar-refractivity contribution >= 4 is 11.9 Å². The van der Waals surface area contributed by atoms with Crippen LogP contribution >= 0.6 is 0 Å². The van der Waals surface area contributed by atoms with Crippen LogP contribution in [0.5, 0.6) is 0 Å². The van der Waals surface area contributed by atoms with E-state index in [0.29, 0.717) is 25.3 Å². The van der Waals surface area contributed by atoms with Crippen molar-refractivity contribution in [3.8, 4) is 0 Å². The minimum atomic E-state index is -0.849. The Hall–Kier alpha value is -1.10. The van der Waals surface area contributed by atoms with E-state index in [9.17, 15) is 14.7 Å². The molecular formula is C15H25NO4. The summed E-state index contributed by atoms with van der Waals surface area (Å²) in [6.07, 6.45) is 5.04. The Morgan fingerprint density at radius 2 is 1.90 bits per heavy atom. The topological polar surface area (TPSA) is 86.6 Å². The van der Waals surface area contributed by atoms with Gasteiger partial charge in [0.2, 0.25) is 5.91 Å². The highest BCUT2D eigenvalue weighted by atomic mass is 16.4. The highest BCUT2D eigenvalue weighted by Crippen LogP contribution is 2.48. The Morgan fingerprint density at radius 1 is 1.25 bits per heavy atom. The summed E-state index contributed by atoms with van der Waals surface area (Å²) >= 11 is 0. The van der Waals surface area contributed by atoms with Crippen LogP contribution in [0, 0.1) is 23.2 Å². The maximum Gasteiger partial charge on any atom is 0.307 e. The molecule has 0 aromatic carbocycles. The number of aliphatic carboxylic acids is 1. The molecule has 0 bridgehead atoms. The van der Waals surface area contributed by atoms with Gasteiger partial charge in [-0.15, -0.1) is 0 Å². The molecule has 2 aliphatic rings. The molecule has 2 fully saturated rings. The molecule has 0 aliphatic heterocycles. The summed E-state index contributed by atoms with van der Waals surface area (Å²) in [5, 5.41) is 21.2. The van der Waals surface area contributed by atoms with Crippen LogP contribution in [0.25, 0.3) is 0 Å². The second-order valence-corrected chi connectivity index (χ2v) is 6.49. The molecule has 0 aromatic rings. The Bertz CT molecular complexity index is 378. The van der Waals surface area contributed by atoms with E-state index >= 15 is 0 Å². The molecule has 2 saturated carbocycles. The highest BCUT2D eigenvalue weighted by molar-refractivity contribution is 5.85. The van der Waals surface area contributed by atoms with Crippen molar-refractivity contribution in [3.63, 3.8) is 0 Å². The molecule has 2 rings (SSSR count). The van der Waals surface area contributed by atoms with Gasteiger partial charge in [0.15, 0.2) is 0 Å². The van der Waals surface area contributed by atoms with Gasteiger partial charge in [-0.25, -0.2) is 0 Å². The average Bonchev–Trinajstić information content (AvgIpc) is 3.04. The molecule has 114 valence electrons. The Morgan fingerprint density at radius 3 is 2.40 bits per heavy atom. The molecule has 3 atom stereocenters. The van der Waals surface area contributed by atoms with Gasteiger partial charge in [0, 0.05) is 13.2 Å². The van der Waals surface area contributed by atoms with Crippen LogP contribution in [0.1, 0.15) is 45.4 Å². The monoisotopic (exact) mass is 283 g/mol. The van der Waals surface area contributed by atoms with E-state index < -0.39 is 11.9 Å². The van der Waals surface area contributed by atoms with Crippen molar-refractivity contribution in [1.82, 2.24) is 5.32 Å². The molecule has 0 radical (unpaired) electrons. The van der Waals surface area contributed by atoms with Crippen LogP contribution in [-0.2, 0) is 9.59 Å². The number of hydrogen-bond donors (Lipinski definition) is 3. The zero-order chi connectivity index (χ0) is 14.8. The maximum absolute atomic E-state index is 12.3. The summed E-state index contributed by atoms with van der Waals surface area (Å²) in [5.74, 6) is -1.54. The second kappa shape index (κ2) is 6.12. The first kappa shape index (κ1) is 15.3. The lowest BCUT2D eigenvalue weighted by Gasteiger charge is -2.19. The van der Waals surface area contributed by atoms with Gasteiger partial charge in [-0.2, -0.15) is 0 Å². The third-order valence-electron chi connectivity index (χ3n) is 5.13. The number of rotatable bonds is 7. The first-order valence-corrected chi connectivity index (χ1v) is 7.62. The molecule has 0 heterocycles. The van der Waals surface area contributed by atoms with Crippen LogP contribution in [0.4, 0.5) is 0 Å². The van der Waals surface area contributed by atoms with Crippen LogP contribution in [0.2, 0.25) is 0 Å². The van der Waals surface area contributed by atoms with Crippen molar-refractivity contribution in [1.29, 1.82) is 0 Å². The predicted molar refractivity (Wildman–Crippen MR) is 74.0 cm³/mol. The third kappa shape index (κ3) is 3.32. The van der Waals surface area contributed by atoms with E-state index in [4.69, 9.17) is 5.11 Å². The molecule has 0 spiro atoms. The van der Waals surface area contributed by atoms with Crippen molar-refractivity contribution in [2.24, 2.45) is 23.2 Å². The zero-order valence-corrected chi connectivity index (χ0v) is 12.1. The fraction of sp³-hybridized carbons (Fsp3) is 0.867. The van der Waals surface area contributed by atoms with E-state index in [-0.39, 0.29) is 23.8 Å². The molecule has 20 heavy (non-hydrogen) atoms. The van der Waals surface area contributed by atoms with E-state index in [1.807, 2.05) is 6.92 Å². The fourth-order valence-corrected chi connectivity index (χ4v) is 3.37. The summed E-state index contributed by atoms with van der Waals surface area (Å²) in [5.41, 5.74) is 0.0753. The number of aliphatic hydroxyl groups excluding tert-OH is 1. The van der Waals surface area contributed by atoms with Gasteiger partial charge < -0.3 is 15.5 Å². The normalized spacial score (nSPS) is 31.0. The molecule has 3 N–H and O–H groups in total. The number of carbonyl (C=O) groups excluding carboxylic acids is 1. The first-order valence-electron chi connectivity index (χ1n) is 7.62. The third-order valence-corrected chi connectivity index (χ3v) is 5.13. The maximum atomic E-state index is 12.3. The summed E-state index contributed by atoms with van der Waals surface area (Å²) < 4.78 is 0. The summed E-state index contributed by atoms with van der Waals surface area (Å²) in [7, 11) is 0. The number of carboxylic acid groups (broad SMARTS) is 1. The second-order valence-electron chi connectivity index (χ2n) is 6.49. The number of hydrogen-bond acceptors (Lipinski definition) is 3. The van der Waals surface area contributed by atoms with E-state index in [1.54, 1.807) is 0 Å². The van der Waals surface area contributed by atoms with Crippen molar-refractivity contribution in [2.45, 2.75) is 45.4 Å². The largest absolute Gasteiger partial charge is 0.481 e. The smallest absolute Gasteiger partial charge is 0.307 e. The fourth-order valence-electron chi connectivity index (χ4n) is 3.37. The molecule has 2 aliphatic carbocycles.